The zero-order valence-electron chi connectivity index (χ0n) is 14.4. The minimum atomic E-state index is -0.451. The molecular weight excluding hydrogens is 304 g/mol. The van der Waals surface area contributed by atoms with Crippen LogP contribution in [0.3, 0.4) is 0 Å². The Morgan fingerprint density at radius 2 is 2.04 bits per heavy atom. The standard InChI is InChI=1S/C18H22N4O2/c1-11-9-15(22(21-11)18(2,3)4)20-16(23)10-13-12-7-5-6-8-14(12)19-17(13)24/h5-9,13H,10H2,1-4H3,(H,19,24)(H,20,23)/t13-/m1/s1. The number of aryl methyl sites for hydroxylation is 1. The molecule has 2 heterocycles. The number of carbonyl (C=O) groups excluding carboxylic acids is 2. The number of benzene rings is 1. The molecular formula is C18H22N4O2. The van der Waals surface area contributed by atoms with Gasteiger partial charge in [-0.25, -0.2) is 4.68 Å². The van der Waals surface area contributed by atoms with E-state index in [1.54, 1.807) is 4.68 Å². The summed E-state index contributed by atoms with van der Waals surface area (Å²) in [6.07, 6.45) is 0.108. The number of fused-ring (bicyclic) bond motifs is 1. The van der Waals surface area contributed by atoms with Crippen molar-refractivity contribution in [2.45, 2.75) is 45.6 Å². The molecule has 1 atom stereocenters. The van der Waals surface area contributed by atoms with Gasteiger partial charge in [0.05, 0.1) is 17.2 Å². The highest BCUT2D eigenvalue weighted by atomic mass is 16.2. The Balaban J connectivity index is 1.77. The molecule has 6 heteroatoms. The number of nitrogens with zero attached hydrogens (tertiary/aromatic N) is 2. The van der Waals surface area contributed by atoms with Gasteiger partial charge in [-0.2, -0.15) is 5.10 Å². The molecule has 0 bridgehead atoms. The average molecular weight is 326 g/mol. The largest absolute Gasteiger partial charge is 0.325 e. The summed E-state index contributed by atoms with van der Waals surface area (Å²) in [5.74, 6) is -0.130. The highest BCUT2D eigenvalue weighted by molar-refractivity contribution is 6.06. The Morgan fingerprint density at radius 3 is 2.75 bits per heavy atom. The zero-order chi connectivity index (χ0) is 17.5. The lowest BCUT2D eigenvalue weighted by Crippen LogP contribution is -2.27. The number of hydrogen-bond acceptors (Lipinski definition) is 3. The van der Waals surface area contributed by atoms with Crippen LogP contribution in [0.15, 0.2) is 30.3 Å². The Kier molecular flexibility index (Phi) is 3.91. The molecule has 0 saturated heterocycles. The average Bonchev–Trinajstić information content (AvgIpc) is 3.00. The number of hydrogen-bond donors (Lipinski definition) is 2. The van der Waals surface area contributed by atoms with Crippen molar-refractivity contribution in [3.63, 3.8) is 0 Å². The summed E-state index contributed by atoms with van der Waals surface area (Å²) in [6.45, 7) is 7.96. The Labute approximate surface area is 141 Å². The van der Waals surface area contributed by atoms with Gasteiger partial charge >= 0.3 is 0 Å². The maximum atomic E-state index is 12.5. The van der Waals surface area contributed by atoms with Gasteiger partial charge in [0.1, 0.15) is 5.82 Å². The molecule has 1 aromatic heterocycles. The van der Waals surface area contributed by atoms with Crippen LogP contribution in [0, 0.1) is 6.92 Å². The number of carbonyl (C=O) groups is 2. The normalized spacial score (nSPS) is 16.7. The fourth-order valence-electron chi connectivity index (χ4n) is 2.96. The van der Waals surface area contributed by atoms with E-state index in [-0.39, 0.29) is 23.8 Å². The van der Waals surface area contributed by atoms with Gasteiger partial charge in [-0.1, -0.05) is 18.2 Å². The first kappa shape index (κ1) is 16.2. The monoisotopic (exact) mass is 326 g/mol. The predicted octanol–water partition coefficient (Wildman–Crippen LogP) is 3.01. The molecule has 2 amide bonds. The van der Waals surface area contributed by atoms with Crippen LogP contribution in [0.4, 0.5) is 11.5 Å². The summed E-state index contributed by atoms with van der Waals surface area (Å²) in [6, 6.07) is 9.32. The van der Waals surface area contributed by atoms with E-state index in [0.717, 1.165) is 16.9 Å². The number of amides is 2. The van der Waals surface area contributed by atoms with Crippen LogP contribution in [0.5, 0.6) is 0 Å². The van der Waals surface area contributed by atoms with E-state index in [1.165, 1.54) is 0 Å². The van der Waals surface area contributed by atoms with E-state index < -0.39 is 5.92 Å². The third-order valence-corrected chi connectivity index (χ3v) is 4.03. The molecule has 3 rings (SSSR count). The molecule has 0 unspecified atom stereocenters. The Bertz CT molecular complexity index is 802. The van der Waals surface area contributed by atoms with E-state index in [0.29, 0.717) is 5.82 Å². The quantitative estimate of drug-likeness (QED) is 0.910. The van der Waals surface area contributed by atoms with Gasteiger partial charge in [-0.3, -0.25) is 9.59 Å². The Hall–Kier alpha value is -2.63. The molecule has 24 heavy (non-hydrogen) atoms. The molecule has 0 aliphatic carbocycles. The van der Waals surface area contributed by atoms with Crippen LogP contribution in [0.1, 0.15) is 44.4 Å². The van der Waals surface area contributed by atoms with Gasteiger partial charge in [0.25, 0.3) is 0 Å². The van der Waals surface area contributed by atoms with Crippen molar-refractivity contribution in [2.75, 3.05) is 10.6 Å². The van der Waals surface area contributed by atoms with E-state index in [4.69, 9.17) is 0 Å². The van der Waals surface area contributed by atoms with Gasteiger partial charge in [0.2, 0.25) is 11.8 Å². The van der Waals surface area contributed by atoms with Crippen LogP contribution in [-0.4, -0.2) is 21.6 Å². The summed E-state index contributed by atoms with van der Waals surface area (Å²) in [4.78, 5) is 24.6. The number of nitrogens with one attached hydrogen (secondary N) is 2. The van der Waals surface area contributed by atoms with E-state index in [9.17, 15) is 9.59 Å². The van der Waals surface area contributed by atoms with Crippen LogP contribution >= 0.6 is 0 Å². The first-order valence-electron chi connectivity index (χ1n) is 8.02. The lowest BCUT2D eigenvalue weighted by Gasteiger charge is -2.22. The number of para-hydroxylation sites is 1. The molecule has 1 aliphatic rings. The van der Waals surface area contributed by atoms with Gasteiger partial charge < -0.3 is 10.6 Å². The maximum Gasteiger partial charge on any atom is 0.232 e. The molecule has 6 nitrogen and oxygen atoms in total. The molecule has 2 N–H and O–H groups in total. The summed E-state index contributed by atoms with van der Waals surface area (Å²) in [7, 11) is 0. The second kappa shape index (κ2) is 5.78. The van der Waals surface area contributed by atoms with Gasteiger partial charge in [0.15, 0.2) is 0 Å². The highest BCUT2D eigenvalue weighted by Crippen LogP contribution is 2.34. The molecule has 0 radical (unpaired) electrons. The third-order valence-electron chi connectivity index (χ3n) is 4.03. The maximum absolute atomic E-state index is 12.5. The molecule has 0 saturated carbocycles. The van der Waals surface area contributed by atoms with Crippen LogP contribution in [0.2, 0.25) is 0 Å². The molecule has 2 aromatic rings. The second-order valence-electron chi connectivity index (χ2n) is 7.13. The first-order chi connectivity index (χ1) is 11.3. The molecule has 1 aromatic carbocycles. The number of anilines is 2. The minimum Gasteiger partial charge on any atom is -0.325 e. The van der Waals surface area contributed by atoms with Crippen LogP contribution in [-0.2, 0) is 15.1 Å². The van der Waals surface area contributed by atoms with E-state index >= 15 is 0 Å². The number of rotatable bonds is 3. The van der Waals surface area contributed by atoms with Crippen molar-refractivity contribution in [3.05, 3.63) is 41.6 Å². The van der Waals surface area contributed by atoms with Gasteiger partial charge in [-0.05, 0) is 39.3 Å². The summed E-state index contributed by atoms with van der Waals surface area (Å²) < 4.78 is 1.79. The summed E-state index contributed by atoms with van der Waals surface area (Å²) in [5.41, 5.74) is 2.26. The number of aromatic nitrogens is 2. The van der Waals surface area contributed by atoms with Crippen molar-refractivity contribution in [1.82, 2.24) is 9.78 Å². The van der Waals surface area contributed by atoms with Crippen LogP contribution < -0.4 is 10.6 Å². The molecule has 0 fully saturated rings. The Morgan fingerprint density at radius 1 is 1.33 bits per heavy atom. The predicted molar refractivity (Wildman–Crippen MR) is 93.0 cm³/mol. The van der Waals surface area contributed by atoms with E-state index in [2.05, 4.69) is 15.7 Å². The van der Waals surface area contributed by atoms with Crippen molar-refractivity contribution in [1.29, 1.82) is 0 Å². The van der Waals surface area contributed by atoms with Crippen molar-refractivity contribution >= 4 is 23.3 Å². The summed E-state index contributed by atoms with van der Waals surface area (Å²) >= 11 is 0. The topological polar surface area (TPSA) is 76.0 Å². The van der Waals surface area contributed by atoms with Crippen molar-refractivity contribution in [3.8, 4) is 0 Å². The third kappa shape index (κ3) is 3.04. The highest BCUT2D eigenvalue weighted by Gasteiger charge is 2.32. The first-order valence-corrected chi connectivity index (χ1v) is 8.02. The fraction of sp³-hybridized carbons (Fsp3) is 0.389. The summed E-state index contributed by atoms with van der Waals surface area (Å²) in [5, 5.41) is 10.2. The van der Waals surface area contributed by atoms with Gasteiger partial charge in [0, 0.05) is 18.2 Å². The van der Waals surface area contributed by atoms with E-state index in [1.807, 2.05) is 58.0 Å². The second-order valence-corrected chi connectivity index (χ2v) is 7.13. The lowest BCUT2D eigenvalue weighted by molar-refractivity contribution is -0.122. The zero-order valence-corrected chi connectivity index (χ0v) is 14.4. The fourth-order valence-corrected chi connectivity index (χ4v) is 2.96. The molecule has 126 valence electrons. The molecule has 1 aliphatic heterocycles. The van der Waals surface area contributed by atoms with Gasteiger partial charge in [-0.15, -0.1) is 0 Å². The smallest absolute Gasteiger partial charge is 0.232 e. The minimum absolute atomic E-state index is 0.108. The van der Waals surface area contributed by atoms with Crippen LogP contribution in [0.25, 0.3) is 0 Å². The van der Waals surface area contributed by atoms with Crippen molar-refractivity contribution in [2.24, 2.45) is 0 Å². The lowest BCUT2D eigenvalue weighted by atomic mass is 9.97. The SMILES string of the molecule is Cc1cc(NC(=O)C[C@H]2C(=O)Nc3ccccc32)n(C(C)(C)C)n1. The molecule has 0 spiro atoms. The van der Waals surface area contributed by atoms with Crippen molar-refractivity contribution < 1.29 is 9.59 Å².